The first-order valence-corrected chi connectivity index (χ1v) is 10.8. The van der Waals surface area contributed by atoms with Crippen molar-refractivity contribution >= 4 is 5.91 Å². The summed E-state index contributed by atoms with van der Waals surface area (Å²) in [7, 11) is 0. The highest BCUT2D eigenvalue weighted by molar-refractivity contribution is 5.80. The highest BCUT2D eigenvalue weighted by atomic mass is 16.5. The van der Waals surface area contributed by atoms with Crippen LogP contribution in [0.3, 0.4) is 0 Å². The molecule has 3 fully saturated rings. The predicted octanol–water partition coefficient (Wildman–Crippen LogP) is 2.32. The molecule has 1 aliphatic heterocycles. The second-order valence-corrected chi connectivity index (χ2v) is 8.80. The molecule has 2 saturated carbocycles. The molecular formula is C22H29N5O2. The summed E-state index contributed by atoms with van der Waals surface area (Å²) in [5, 5.41) is 4.14. The smallest absolute Gasteiger partial charge is 0.244 e. The number of carbonyl (C=O) groups excluding carboxylic acids is 1. The third-order valence-electron chi connectivity index (χ3n) is 7.27. The molecule has 7 heteroatoms. The zero-order chi connectivity index (χ0) is 20.0. The van der Waals surface area contributed by atoms with E-state index in [1.807, 2.05) is 35.2 Å². The average molecular weight is 396 g/mol. The van der Waals surface area contributed by atoms with Gasteiger partial charge in [-0.25, -0.2) is 0 Å². The molecule has 154 valence electrons. The van der Waals surface area contributed by atoms with Gasteiger partial charge in [0, 0.05) is 37.8 Å². The second-order valence-electron chi connectivity index (χ2n) is 8.80. The summed E-state index contributed by atoms with van der Waals surface area (Å²) in [5.74, 6) is 2.63. The van der Waals surface area contributed by atoms with Gasteiger partial charge in [-0.15, -0.1) is 0 Å². The largest absolute Gasteiger partial charge is 0.340 e. The van der Waals surface area contributed by atoms with Crippen molar-refractivity contribution in [3.05, 3.63) is 36.2 Å². The van der Waals surface area contributed by atoms with E-state index in [-0.39, 0.29) is 23.9 Å². The number of nitrogens with two attached hydrogens (primary N) is 1. The van der Waals surface area contributed by atoms with Crippen LogP contribution in [0.5, 0.6) is 0 Å². The van der Waals surface area contributed by atoms with E-state index in [9.17, 15) is 4.79 Å². The summed E-state index contributed by atoms with van der Waals surface area (Å²) in [6.07, 6.45) is 3.53. The number of hydrogen-bond donors (Lipinski definition) is 1. The van der Waals surface area contributed by atoms with Crippen LogP contribution in [-0.4, -0.2) is 58.1 Å². The maximum atomic E-state index is 13.1. The Labute approximate surface area is 171 Å². The average Bonchev–Trinajstić information content (AvgIpc) is 3.50. The van der Waals surface area contributed by atoms with E-state index >= 15 is 0 Å². The fraction of sp³-hybridized carbons (Fsp3) is 0.591. The van der Waals surface area contributed by atoms with Crippen molar-refractivity contribution in [1.82, 2.24) is 19.9 Å². The Morgan fingerprint density at radius 1 is 1.14 bits per heavy atom. The molecule has 5 unspecified atom stereocenters. The highest BCUT2D eigenvalue weighted by Gasteiger charge is 2.50. The predicted molar refractivity (Wildman–Crippen MR) is 109 cm³/mol. The van der Waals surface area contributed by atoms with E-state index < -0.39 is 0 Å². The van der Waals surface area contributed by atoms with Crippen molar-refractivity contribution in [2.45, 2.75) is 38.3 Å². The number of carbonyl (C=O) groups is 1. The Balaban J connectivity index is 1.20. The normalized spacial score (nSPS) is 30.6. The number of aromatic nitrogens is 2. The van der Waals surface area contributed by atoms with Crippen LogP contribution >= 0.6 is 0 Å². The van der Waals surface area contributed by atoms with Crippen molar-refractivity contribution in [3.8, 4) is 11.4 Å². The summed E-state index contributed by atoms with van der Waals surface area (Å²) >= 11 is 0. The van der Waals surface area contributed by atoms with Crippen LogP contribution in [0.15, 0.2) is 34.9 Å². The van der Waals surface area contributed by atoms with Crippen molar-refractivity contribution in [2.24, 2.45) is 23.5 Å². The second kappa shape index (κ2) is 7.54. The van der Waals surface area contributed by atoms with Crippen LogP contribution in [-0.2, 0) is 4.79 Å². The zero-order valence-corrected chi connectivity index (χ0v) is 16.9. The maximum Gasteiger partial charge on any atom is 0.244 e. The first-order chi connectivity index (χ1) is 14.1. The molecule has 2 aromatic rings. The third-order valence-corrected chi connectivity index (χ3v) is 7.27. The first kappa shape index (κ1) is 18.8. The van der Waals surface area contributed by atoms with Gasteiger partial charge in [0.05, 0.1) is 12.0 Å². The number of fused-ring (bicyclic) bond motifs is 2. The zero-order valence-electron chi connectivity index (χ0n) is 16.9. The van der Waals surface area contributed by atoms with Gasteiger partial charge in [-0.3, -0.25) is 9.69 Å². The molecule has 2 aliphatic carbocycles. The van der Waals surface area contributed by atoms with E-state index in [1.54, 1.807) is 0 Å². The summed E-state index contributed by atoms with van der Waals surface area (Å²) in [6.45, 7) is 5.19. The van der Waals surface area contributed by atoms with Crippen LogP contribution in [0.1, 0.15) is 38.1 Å². The molecule has 7 nitrogen and oxygen atoms in total. The minimum Gasteiger partial charge on any atom is -0.340 e. The van der Waals surface area contributed by atoms with E-state index in [4.69, 9.17) is 10.3 Å². The number of hydrogen-bond acceptors (Lipinski definition) is 6. The van der Waals surface area contributed by atoms with E-state index in [0.717, 1.165) is 38.2 Å². The summed E-state index contributed by atoms with van der Waals surface area (Å²) in [4.78, 5) is 22.0. The number of rotatable bonds is 4. The Morgan fingerprint density at radius 3 is 2.55 bits per heavy atom. The van der Waals surface area contributed by atoms with Gasteiger partial charge >= 0.3 is 0 Å². The van der Waals surface area contributed by atoms with Gasteiger partial charge in [-0.2, -0.15) is 4.98 Å². The Kier molecular flexibility index (Phi) is 4.87. The number of amides is 1. The standard InChI is InChI=1S/C22H29N5O2/c1-14(21-24-20(25-29-21)15-5-3-2-4-6-15)26-9-11-27(12-10-26)22(28)18-16-7-8-17(13-16)19(18)23/h2-6,14,16-19H,7-13,23H2,1H3. The first-order valence-electron chi connectivity index (χ1n) is 10.8. The fourth-order valence-corrected chi connectivity index (χ4v) is 5.51. The van der Waals surface area contributed by atoms with Crippen LogP contribution in [0, 0.1) is 17.8 Å². The van der Waals surface area contributed by atoms with Crippen molar-refractivity contribution in [3.63, 3.8) is 0 Å². The molecule has 1 aromatic heterocycles. The fourth-order valence-electron chi connectivity index (χ4n) is 5.51. The Bertz CT molecular complexity index is 859. The molecule has 1 aromatic carbocycles. The lowest BCUT2D eigenvalue weighted by Crippen LogP contribution is -2.54. The highest BCUT2D eigenvalue weighted by Crippen LogP contribution is 2.48. The van der Waals surface area contributed by atoms with Gasteiger partial charge in [0.15, 0.2) is 0 Å². The molecule has 1 amide bonds. The van der Waals surface area contributed by atoms with E-state index in [2.05, 4.69) is 22.0 Å². The molecule has 0 radical (unpaired) electrons. The van der Waals surface area contributed by atoms with Gasteiger partial charge in [-0.1, -0.05) is 35.5 Å². The van der Waals surface area contributed by atoms with Crippen molar-refractivity contribution in [1.29, 1.82) is 0 Å². The van der Waals surface area contributed by atoms with Crippen LogP contribution in [0.4, 0.5) is 0 Å². The number of nitrogens with zero attached hydrogens (tertiary/aromatic N) is 4. The number of piperazine rings is 1. The molecule has 1 saturated heterocycles. The SMILES string of the molecule is CC(c1nc(-c2ccccc2)no1)N1CCN(C(=O)C2C3CCC(C3)C2N)CC1. The van der Waals surface area contributed by atoms with Gasteiger partial charge in [0.2, 0.25) is 17.6 Å². The third kappa shape index (κ3) is 3.36. The molecule has 5 atom stereocenters. The quantitative estimate of drug-likeness (QED) is 0.855. The Morgan fingerprint density at radius 2 is 1.86 bits per heavy atom. The van der Waals surface area contributed by atoms with Crippen molar-refractivity contribution < 1.29 is 9.32 Å². The van der Waals surface area contributed by atoms with Crippen LogP contribution in [0.2, 0.25) is 0 Å². The maximum absolute atomic E-state index is 13.1. The molecular weight excluding hydrogens is 366 g/mol. The van der Waals surface area contributed by atoms with Gasteiger partial charge in [0.25, 0.3) is 0 Å². The molecule has 2 heterocycles. The van der Waals surface area contributed by atoms with Crippen molar-refractivity contribution in [2.75, 3.05) is 26.2 Å². The van der Waals surface area contributed by atoms with Crippen LogP contribution < -0.4 is 5.73 Å². The molecule has 3 aliphatic rings. The van der Waals surface area contributed by atoms with Gasteiger partial charge in [0.1, 0.15) is 0 Å². The summed E-state index contributed by atoms with van der Waals surface area (Å²) in [5.41, 5.74) is 7.34. The van der Waals surface area contributed by atoms with E-state index in [1.165, 1.54) is 12.8 Å². The lowest BCUT2D eigenvalue weighted by Gasteiger charge is -2.39. The lowest BCUT2D eigenvalue weighted by atomic mass is 9.84. The Hall–Kier alpha value is -2.25. The number of benzene rings is 1. The minimum atomic E-state index is 0.0296. The summed E-state index contributed by atoms with van der Waals surface area (Å²) in [6, 6.07) is 9.95. The molecule has 5 rings (SSSR count). The molecule has 0 spiro atoms. The van der Waals surface area contributed by atoms with Gasteiger partial charge in [-0.05, 0) is 38.0 Å². The molecule has 2 N–H and O–H groups in total. The minimum absolute atomic E-state index is 0.0296. The molecule has 29 heavy (non-hydrogen) atoms. The topological polar surface area (TPSA) is 88.5 Å². The molecule has 2 bridgehead atoms. The lowest BCUT2D eigenvalue weighted by molar-refractivity contribution is -0.140. The van der Waals surface area contributed by atoms with Gasteiger partial charge < -0.3 is 15.2 Å². The van der Waals surface area contributed by atoms with E-state index in [0.29, 0.717) is 23.6 Å². The monoisotopic (exact) mass is 395 g/mol. The summed E-state index contributed by atoms with van der Waals surface area (Å²) < 4.78 is 5.54. The van der Waals surface area contributed by atoms with Crippen LogP contribution in [0.25, 0.3) is 11.4 Å².